The molecule has 1 aliphatic carbocycles. The van der Waals surface area contributed by atoms with Crippen LogP contribution in [0.15, 0.2) is 40.8 Å². The van der Waals surface area contributed by atoms with Gasteiger partial charge in [-0.1, -0.05) is 36.8 Å². The number of carbonyl (C=O) groups is 1. The van der Waals surface area contributed by atoms with Crippen molar-refractivity contribution in [2.24, 2.45) is 5.41 Å². The average Bonchev–Trinajstić information content (AvgIpc) is 3.09. The Morgan fingerprint density at radius 2 is 2.08 bits per heavy atom. The molecule has 4 rings (SSSR count). The predicted octanol–water partition coefficient (Wildman–Crippen LogP) is 4.06. The van der Waals surface area contributed by atoms with E-state index in [0.717, 1.165) is 18.8 Å². The van der Waals surface area contributed by atoms with Gasteiger partial charge < -0.3 is 9.52 Å². The molecule has 1 N–H and O–H groups in total. The summed E-state index contributed by atoms with van der Waals surface area (Å²) in [4.78, 5) is 13.6. The first-order valence-corrected chi connectivity index (χ1v) is 8.67. The number of benzene rings is 1. The van der Waals surface area contributed by atoms with Crippen LogP contribution in [-0.2, 0) is 6.54 Å². The van der Waals surface area contributed by atoms with E-state index in [1.807, 2.05) is 6.07 Å². The van der Waals surface area contributed by atoms with Gasteiger partial charge in [0.15, 0.2) is 0 Å². The summed E-state index contributed by atoms with van der Waals surface area (Å²) in [6.07, 6.45) is 3.90. The third-order valence-electron chi connectivity index (χ3n) is 5.81. The van der Waals surface area contributed by atoms with E-state index in [2.05, 4.69) is 35.2 Å². The lowest BCUT2D eigenvalue weighted by Crippen LogP contribution is -2.36. The number of aromatic carboxylic acids is 1. The van der Waals surface area contributed by atoms with Gasteiger partial charge >= 0.3 is 5.97 Å². The molecule has 0 unspecified atom stereocenters. The SMILES string of the molecule is Cc1cc(CN2C[C@H](c3ccccc3)C3(CCC3)C2)oc1C(=O)O. The van der Waals surface area contributed by atoms with Gasteiger partial charge in [-0.2, -0.15) is 0 Å². The van der Waals surface area contributed by atoms with Gasteiger partial charge in [0.1, 0.15) is 5.76 Å². The van der Waals surface area contributed by atoms with Crippen molar-refractivity contribution in [2.45, 2.75) is 38.6 Å². The van der Waals surface area contributed by atoms with Crippen LogP contribution < -0.4 is 0 Å². The molecule has 4 nitrogen and oxygen atoms in total. The van der Waals surface area contributed by atoms with Gasteiger partial charge in [-0.15, -0.1) is 0 Å². The summed E-state index contributed by atoms with van der Waals surface area (Å²) in [7, 11) is 0. The van der Waals surface area contributed by atoms with Crippen LogP contribution in [-0.4, -0.2) is 29.1 Å². The maximum absolute atomic E-state index is 11.2. The molecule has 1 saturated carbocycles. The third-order valence-corrected chi connectivity index (χ3v) is 5.81. The minimum atomic E-state index is -0.988. The van der Waals surface area contributed by atoms with Crippen LogP contribution in [0.2, 0.25) is 0 Å². The Morgan fingerprint density at radius 1 is 1.33 bits per heavy atom. The molecule has 1 spiro atoms. The summed E-state index contributed by atoms with van der Waals surface area (Å²) in [5.41, 5.74) is 2.54. The number of likely N-dealkylation sites (tertiary alicyclic amines) is 1. The third kappa shape index (κ3) is 2.55. The Kier molecular flexibility index (Phi) is 3.72. The molecular formula is C20H23NO3. The molecule has 4 heteroatoms. The zero-order chi connectivity index (χ0) is 16.7. The molecule has 2 fully saturated rings. The lowest BCUT2D eigenvalue weighted by Gasteiger charge is -2.43. The Hall–Kier alpha value is -2.07. The number of rotatable bonds is 4. The van der Waals surface area contributed by atoms with Gasteiger partial charge in [-0.3, -0.25) is 4.90 Å². The quantitative estimate of drug-likeness (QED) is 0.921. The number of hydrogen-bond donors (Lipinski definition) is 1. The minimum absolute atomic E-state index is 0.0714. The topological polar surface area (TPSA) is 53.7 Å². The highest BCUT2D eigenvalue weighted by molar-refractivity contribution is 5.86. The van der Waals surface area contributed by atoms with Crippen LogP contribution in [0.4, 0.5) is 0 Å². The van der Waals surface area contributed by atoms with Crippen molar-refractivity contribution in [1.82, 2.24) is 4.90 Å². The second-order valence-corrected chi connectivity index (χ2v) is 7.38. The van der Waals surface area contributed by atoms with E-state index >= 15 is 0 Å². The fourth-order valence-electron chi connectivity index (χ4n) is 4.53. The van der Waals surface area contributed by atoms with Crippen LogP contribution in [0.1, 0.15) is 52.6 Å². The van der Waals surface area contributed by atoms with E-state index in [-0.39, 0.29) is 5.76 Å². The summed E-state index contributed by atoms with van der Waals surface area (Å²) in [6, 6.07) is 12.7. The lowest BCUT2D eigenvalue weighted by atomic mass is 9.61. The molecule has 0 amide bonds. The number of furan rings is 1. The van der Waals surface area contributed by atoms with Crippen LogP contribution in [0.5, 0.6) is 0 Å². The van der Waals surface area contributed by atoms with Gasteiger partial charge in [0.2, 0.25) is 5.76 Å². The van der Waals surface area contributed by atoms with Gasteiger partial charge in [-0.25, -0.2) is 4.79 Å². The standard InChI is InChI=1S/C20H23NO3/c1-14-10-16(24-18(14)19(22)23)11-21-12-17(15-6-3-2-4-7-15)20(13-21)8-5-9-20/h2-4,6-7,10,17H,5,8-9,11-13H2,1H3,(H,22,23)/t17-/m1/s1. The van der Waals surface area contributed by atoms with E-state index in [9.17, 15) is 4.79 Å². The number of nitrogens with zero attached hydrogens (tertiary/aromatic N) is 1. The molecule has 2 aromatic rings. The lowest BCUT2D eigenvalue weighted by molar-refractivity contribution is 0.0656. The Bertz CT molecular complexity index is 745. The number of carboxylic acid groups (broad SMARTS) is 1. The Balaban J connectivity index is 1.54. The van der Waals surface area contributed by atoms with E-state index < -0.39 is 5.97 Å². The molecule has 1 aliphatic heterocycles. The summed E-state index contributed by atoms with van der Waals surface area (Å²) in [5, 5.41) is 9.15. The van der Waals surface area contributed by atoms with Gasteiger partial charge in [0.25, 0.3) is 0 Å². The molecule has 2 heterocycles. The van der Waals surface area contributed by atoms with Gasteiger partial charge in [-0.05, 0) is 36.8 Å². The number of aryl methyl sites for hydroxylation is 1. The summed E-state index contributed by atoms with van der Waals surface area (Å²) in [6.45, 7) is 4.58. The van der Waals surface area contributed by atoms with Crippen LogP contribution in [0, 0.1) is 12.3 Å². The minimum Gasteiger partial charge on any atom is -0.475 e. The maximum atomic E-state index is 11.2. The summed E-state index contributed by atoms with van der Waals surface area (Å²) in [5.74, 6) is 0.412. The van der Waals surface area contributed by atoms with Gasteiger partial charge in [0.05, 0.1) is 6.54 Å². The van der Waals surface area contributed by atoms with E-state index in [1.54, 1.807) is 6.92 Å². The van der Waals surface area contributed by atoms with E-state index in [4.69, 9.17) is 9.52 Å². The molecule has 2 aliphatic rings. The number of hydrogen-bond acceptors (Lipinski definition) is 3. The first-order chi connectivity index (χ1) is 11.6. The molecule has 1 aromatic carbocycles. The second kappa shape index (κ2) is 5.78. The highest BCUT2D eigenvalue weighted by Crippen LogP contribution is 2.55. The zero-order valence-electron chi connectivity index (χ0n) is 14.0. The summed E-state index contributed by atoms with van der Waals surface area (Å²) < 4.78 is 5.56. The van der Waals surface area contributed by atoms with Crippen molar-refractivity contribution in [3.8, 4) is 0 Å². The molecule has 1 saturated heterocycles. The fourth-order valence-corrected chi connectivity index (χ4v) is 4.53. The monoisotopic (exact) mass is 325 g/mol. The first kappa shape index (κ1) is 15.5. The van der Waals surface area contributed by atoms with Crippen molar-refractivity contribution >= 4 is 5.97 Å². The van der Waals surface area contributed by atoms with E-state index in [1.165, 1.54) is 24.8 Å². The first-order valence-electron chi connectivity index (χ1n) is 8.67. The van der Waals surface area contributed by atoms with Crippen molar-refractivity contribution in [3.63, 3.8) is 0 Å². The molecule has 24 heavy (non-hydrogen) atoms. The average molecular weight is 325 g/mol. The second-order valence-electron chi connectivity index (χ2n) is 7.38. The highest BCUT2D eigenvalue weighted by Gasteiger charge is 2.50. The zero-order valence-corrected chi connectivity index (χ0v) is 14.0. The molecule has 0 radical (unpaired) electrons. The Morgan fingerprint density at radius 3 is 2.67 bits per heavy atom. The maximum Gasteiger partial charge on any atom is 0.372 e. The summed E-state index contributed by atoms with van der Waals surface area (Å²) >= 11 is 0. The van der Waals surface area contributed by atoms with Crippen LogP contribution in [0.25, 0.3) is 0 Å². The smallest absolute Gasteiger partial charge is 0.372 e. The molecule has 1 atom stereocenters. The van der Waals surface area contributed by atoms with Crippen molar-refractivity contribution in [3.05, 3.63) is 59.0 Å². The Labute approximate surface area is 142 Å². The predicted molar refractivity (Wildman–Crippen MR) is 91.1 cm³/mol. The van der Waals surface area contributed by atoms with Crippen molar-refractivity contribution in [2.75, 3.05) is 13.1 Å². The normalized spacial score (nSPS) is 22.6. The number of carboxylic acids is 1. The van der Waals surface area contributed by atoms with Gasteiger partial charge in [0, 0.05) is 24.6 Å². The van der Waals surface area contributed by atoms with E-state index in [0.29, 0.717) is 23.4 Å². The molecule has 126 valence electrons. The van der Waals surface area contributed by atoms with Crippen molar-refractivity contribution < 1.29 is 14.3 Å². The highest BCUT2D eigenvalue weighted by atomic mass is 16.4. The molecule has 1 aromatic heterocycles. The molecular weight excluding hydrogens is 302 g/mol. The molecule has 0 bridgehead atoms. The van der Waals surface area contributed by atoms with Crippen LogP contribution in [0.3, 0.4) is 0 Å². The van der Waals surface area contributed by atoms with Crippen molar-refractivity contribution in [1.29, 1.82) is 0 Å². The largest absolute Gasteiger partial charge is 0.475 e. The fraction of sp³-hybridized carbons (Fsp3) is 0.450. The van der Waals surface area contributed by atoms with Crippen LogP contribution >= 0.6 is 0 Å².